The van der Waals surface area contributed by atoms with Gasteiger partial charge in [-0.1, -0.05) is 28.9 Å². The van der Waals surface area contributed by atoms with Crippen molar-refractivity contribution in [1.82, 2.24) is 20.4 Å². The summed E-state index contributed by atoms with van der Waals surface area (Å²) in [5.41, 5.74) is 3.37. The first-order valence-electron chi connectivity index (χ1n) is 7.86. The van der Waals surface area contributed by atoms with Crippen LogP contribution in [0.15, 0.2) is 57.0 Å². The fourth-order valence-corrected chi connectivity index (χ4v) is 3.25. The van der Waals surface area contributed by atoms with Crippen LogP contribution in [0.5, 0.6) is 0 Å². The van der Waals surface area contributed by atoms with Crippen LogP contribution in [0.4, 0.5) is 0 Å². The summed E-state index contributed by atoms with van der Waals surface area (Å²) < 4.78 is 10.5. The Hall–Kier alpha value is -2.77. The van der Waals surface area contributed by atoms with Crippen molar-refractivity contribution in [1.29, 1.82) is 0 Å². The monoisotopic (exact) mass is 352 g/mol. The molecule has 7 heteroatoms. The summed E-state index contributed by atoms with van der Waals surface area (Å²) in [6, 6.07) is 11.9. The van der Waals surface area contributed by atoms with Crippen molar-refractivity contribution in [2.45, 2.75) is 20.0 Å². The highest BCUT2D eigenvalue weighted by Crippen LogP contribution is 2.24. The first kappa shape index (κ1) is 15.7. The molecule has 0 spiro atoms. The van der Waals surface area contributed by atoms with Crippen LogP contribution in [0, 0.1) is 6.92 Å². The molecule has 3 heterocycles. The molecule has 1 N–H and O–H groups in total. The van der Waals surface area contributed by atoms with Crippen molar-refractivity contribution in [3.8, 4) is 22.2 Å². The molecule has 0 radical (unpaired) electrons. The van der Waals surface area contributed by atoms with Gasteiger partial charge in [-0.05, 0) is 25.1 Å². The van der Waals surface area contributed by atoms with E-state index >= 15 is 0 Å². The van der Waals surface area contributed by atoms with Crippen LogP contribution >= 0.6 is 11.3 Å². The van der Waals surface area contributed by atoms with Gasteiger partial charge in [0, 0.05) is 17.5 Å². The Balaban J connectivity index is 1.35. The number of hydrogen-bond acceptors (Lipinski definition) is 7. The highest BCUT2D eigenvalue weighted by Gasteiger charge is 2.11. The highest BCUT2D eigenvalue weighted by atomic mass is 32.1. The third kappa shape index (κ3) is 3.67. The third-order valence-electron chi connectivity index (χ3n) is 3.61. The quantitative estimate of drug-likeness (QED) is 0.564. The van der Waals surface area contributed by atoms with E-state index in [0.717, 1.165) is 16.3 Å². The lowest BCUT2D eigenvalue weighted by Crippen LogP contribution is -2.13. The molecule has 0 atom stereocenters. The second-order valence-corrected chi connectivity index (χ2v) is 6.46. The second-order valence-electron chi connectivity index (χ2n) is 5.61. The zero-order valence-corrected chi connectivity index (χ0v) is 14.4. The number of nitrogens with one attached hydrogen (secondary N) is 1. The van der Waals surface area contributed by atoms with Gasteiger partial charge in [0.15, 0.2) is 5.76 Å². The van der Waals surface area contributed by atoms with Crippen LogP contribution in [0.1, 0.15) is 17.1 Å². The van der Waals surface area contributed by atoms with Gasteiger partial charge >= 0.3 is 0 Å². The van der Waals surface area contributed by atoms with Gasteiger partial charge in [-0.2, -0.15) is 4.98 Å². The molecule has 6 nitrogen and oxygen atoms in total. The maximum Gasteiger partial charge on any atom is 0.241 e. The Morgan fingerprint density at radius 1 is 1.12 bits per heavy atom. The second kappa shape index (κ2) is 7.00. The molecule has 0 saturated heterocycles. The SMILES string of the molecule is Cc1cccc(-c2nc(CNCc3nc(-c4ccco4)no3)cs2)c1. The van der Waals surface area contributed by atoms with Crippen molar-refractivity contribution in [3.05, 3.63) is 65.2 Å². The molecule has 0 unspecified atom stereocenters. The van der Waals surface area contributed by atoms with E-state index in [-0.39, 0.29) is 0 Å². The van der Waals surface area contributed by atoms with Gasteiger partial charge in [0.25, 0.3) is 0 Å². The summed E-state index contributed by atoms with van der Waals surface area (Å²) in [7, 11) is 0. The Bertz CT molecular complexity index is 959. The number of aromatic nitrogens is 3. The van der Waals surface area contributed by atoms with E-state index in [1.54, 1.807) is 29.7 Å². The Kier molecular flexibility index (Phi) is 4.41. The minimum absolute atomic E-state index is 0.456. The van der Waals surface area contributed by atoms with Crippen LogP contribution < -0.4 is 5.32 Å². The normalized spacial score (nSPS) is 11.1. The van der Waals surface area contributed by atoms with Crippen LogP contribution in [0.25, 0.3) is 22.2 Å². The number of hydrogen-bond donors (Lipinski definition) is 1. The van der Waals surface area contributed by atoms with Crippen LogP contribution in [-0.4, -0.2) is 15.1 Å². The zero-order valence-electron chi connectivity index (χ0n) is 13.6. The van der Waals surface area contributed by atoms with Gasteiger partial charge in [-0.15, -0.1) is 11.3 Å². The molecule has 3 aromatic heterocycles. The van der Waals surface area contributed by atoms with Gasteiger partial charge in [-0.3, -0.25) is 0 Å². The van der Waals surface area contributed by atoms with E-state index in [1.807, 2.05) is 0 Å². The van der Waals surface area contributed by atoms with E-state index in [2.05, 4.69) is 57.0 Å². The predicted octanol–water partition coefficient (Wildman–Crippen LogP) is 4.05. The lowest BCUT2D eigenvalue weighted by Gasteiger charge is -1.99. The van der Waals surface area contributed by atoms with Gasteiger partial charge in [0.2, 0.25) is 11.7 Å². The average molecular weight is 352 g/mol. The van der Waals surface area contributed by atoms with E-state index in [0.29, 0.717) is 30.6 Å². The Morgan fingerprint density at radius 2 is 2.08 bits per heavy atom. The van der Waals surface area contributed by atoms with Crippen LogP contribution in [-0.2, 0) is 13.1 Å². The molecule has 25 heavy (non-hydrogen) atoms. The molecule has 4 aromatic rings. The lowest BCUT2D eigenvalue weighted by atomic mass is 10.1. The van der Waals surface area contributed by atoms with Gasteiger partial charge in [0.05, 0.1) is 18.5 Å². The molecule has 0 amide bonds. The average Bonchev–Trinajstić information content (AvgIpc) is 3.36. The standard InChI is InChI=1S/C18H16N4O2S/c1-12-4-2-5-13(8-12)18-20-14(11-25-18)9-19-10-16-21-17(22-24-16)15-6-3-7-23-15/h2-8,11,19H,9-10H2,1H3. The van der Waals surface area contributed by atoms with Crippen LogP contribution in [0.2, 0.25) is 0 Å². The molecule has 0 bridgehead atoms. The lowest BCUT2D eigenvalue weighted by molar-refractivity contribution is 0.366. The maximum atomic E-state index is 5.25. The molecular weight excluding hydrogens is 336 g/mol. The molecule has 4 rings (SSSR count). The fraction of sp³-hybridized carbons (Fsp3) is 0.167. The zero-order chi connectivity index (χ0) is 17.1. The van der Waals surface area contributed by atoms with Crippen molar-refractivity contribution in [3.63, 3.8) is 0 Å². The van der Waals surface area contributed by atoms with E-state index in [4.69, 9.17) is 8.94 Å². The fourth-order valence-electron chi connectivity index (χ4n) is 2.43. The van der Waals surface area contributed by atoms with Gasteiger partial charge < -0.3 is 14.3 Å². The molecule has 126 valence electrons. The topological polar surface area (TPSA) is 77.0 Å². The highest BCUT2D eigenvalue weighted by molar-refractivity contribution is 7.13. The number of thiazole rings is 1. The number of furan rings is 1. The molecule has 0 aliphatic heterocycles. The van der Waals surface area contributed by atoms with Crippen LogP contribution in [0.3, 0.4) is 0 Å². The molecule has 1 aromatic carbocycles. The molecular formula is C18H16N4O2S. The van der Waals surface area contributed by atoms with Crippen molar-refractivity contribution in [2.24, 2.45) is 0 Å². The number of benzene rings is 1. The minimum Gasteiger partial charge on any atom is -0.461 e. The Labute approximate surface area is 148 Å². The summed E-state index contributed by atoms with van der Waals surface area (Å²) in [5.74, 6) is 1.56. The summed E-state index contributed by atoms with van der Waals surface area (Å²) in [6.07, 6.45) is 1.58. The summed E-state index contributed by atoms with van der Waals surface area (Å²) in [5, 5.41) is 10.3. The number of rotatable bonds is 6. The van der Waals surface area contributed by atoms with E-state index in [9.17, 15) is 0 Å². The van der Waals surface area contributed by atoms with Gasteiger partial charge in [-0.25, -0.2) is 4.98 Å². The van der Waals surface area contributed by atoms with E-state index < -0.39 is 0 Å². The van der Waals surface area contributed by atoms with Crippen molar-refractivity contribution < 1.29 is 8.94 Å². The molecule has 0 aliphatic rings. The summed E-state index contributed by atoms with van der Waals surface area (Å²) >= 11 is 1.65. The first-order valence-corrected chi connectivity index (χ1v) is 8.74. The largest absolute Gasteiger partial charge is 0.461 e. The van der Waals surface area contributed by atoms with E-state index in [1.165, 1.54) is 5.56 Å². The molecule has 0 saturated carbocycles. The summed E-state index contributed by atoms with van der Waals surface area (Å²) in [6.45, 7) is 3.20. The predicted molar refractivity (Wildman–Crippen MR) is 94.8 cm³/mol. The van der Waals surface area contributed by atoms with Crippen molar-refractivity contribution in [2.75, 3.05) is 0 Å². The third-order valence-corrected chi connectivity index (χ3v) is 4.55. The minimum atomic E-state index is 0.456. The summed E-state index contributed by atoms with van der Waals surface area (Å²) in [4.78, 5) is 8.97. The first-order chi connectivity index (χ1) is 12.3. The van der Waals surface area contributed by atoms with Crippen molar-refractivity contribution >= 4 is 11.3 Å². The molecule has 0 aliphatic carbocycles. The molecule has 0 fully saturated rings. The Morgan fingerprint density at radius 3 is 2.92 bits per heavy atom. The smallest absolute Gasteiger partial charge is 0.241 e. The number of aryl methyl sites for hydroxylation is 1. The van der Waals surface area contributed by atoms with Gasteiger partial charge in [0.1, 0.15) is 5.01 Å². The number of nitrogens with zero attached hydrogens (tertiary/aromatic N) is 3. The maximum absolute atomic E-state index is 5.25.